The fourth-order valence-electron chi connectivity index (χ4n) is 2.05. The molecule has 2 unspecified atom stereocenters. The average Bonchev–Trinajstić information content (AvgIpc) is 2.28. The molecule has 0 saturated heterocycles. The number of rotatable bonds is 2. The highest BCUT2D eigenvalue weighted by atomic mass is 16.3. The average molecular weight is 180 g/mol. The van der Waals surface area contributed by atoms with Crippen LogP contribution in [0.15, 0.2) is 23.8 Å². The molecule has 1 aliphatic rings. The van der Waals surface area contributed by atoms with E-state index < -0.39 is 0 Å². The van der Waals surface area contributed by atoms with Crippen LogP contribution in [0.2, 0.25) is 0 Å². The van der Waals surface area contributed by atoms with Crippen LogP contribution in [-0.2, 0) is 0 Å². The normalized spacial score (nSPS) is 29.3. The Morgan fingerprint density at radius 1 is 1.62 bits per heavy atom. The Kier molecular flexibility index (Phi) is 2.97. The minimum atomic E-state index is -0.298. The highest BCUT2D eigenvalue weighted by molar-refractivity contribution is 5.20. The fourth-order valence-corrected chi connectivity index (χ4v) is 2.05. The van der Waals surface area contributed by atoms with Gasteiger partial charge in [0, 0.05) is 5.92 Å². The summed E-state index contributed by atoms with van der Waals surface area (Å²) in [6.45, 7) is 8.53. The van der Waals surface area contributed by atoms with Gasteiger partial charge in [-0.05, 0) is 25.7 Å². The largest absolute Gasteiger partial charge is 0.389 e. The van der Waals surface area contributed by atoms with Gasteiger partial charge >= 0.3 is 0 Å². The van der Waals surface area contributed by atoms with E-state index in [2.05, 4.69) is 26.8 Å². The van der Waals surface area contributed by atoms with Crippen LogP contribution in [0.1, 0.15) is 34.1 Å². The van der Waals surface area contributed by atoms with Gasteiger partial charge in [0.15, 0.2) is 0 Å². The van der Waals surface area contributed by atoms with Crippen molar-refractivity contribution in [2.45, 2.75) is 40.2 Å². The van der Waals surface area contributed by atoms with E-state index in [0.717, 1.165) is 6.42 Å². The highest BCUT2D eigenvalue weighted by Crippen LogP contribution is 2.44. The van der Waals surface area contributed by atoms with Crippen molar-refractivity contribution in [3.63, 3.8) is 0 Å². The number of aliphatic hydroxyl groups is 1. The maximum Gasteiger partial charge on any atom is 0.0760 e. The second kappa shape index (κ2) is 3.67. The molecule has 13 heavy (non-hydrogen) atoms. The molecule has 0 spiro atoms. The van der Waals surface area contributed by atoms with E-state index in [1.807, 2.05) is 19.1 Å². The first-order valence-corrected chi connectivity index (χ1v) is 4.98. The van der Waals surface area contributed by atoms with Crippen molar-refractivity contribution in [3.8, 4) is 0 Å². The molecule has 0 bridgehead atoms. The van der Waals surface area contributed by atoms with Crippen LogP contribution in [-0.4, -0.2) is 11.2 Å². The summed E-state index contributed by atoms with van der Waals surface area (Å²) >= 11 is 0. The van der Waals surface area contributed by atoms with Crippen molar-refractivity contribution < 1.29 is 5.11 Å². The van der Waals surface area contributed by atoms with Gasteiger partial charge in [-0.3, -0.25) is 0 Å². The molecular weight excluding hydrogens is 160 g/mol. The summed E-state index contributed by atoms with van der Waals surface area (Å²) in [5.74, 6) is 0.351. The molecule has 0 aromatic carbocycles. The van der Waals surface area contributed by atoms with Crippen LogP contribution in [0.5, 0.6) is 0 Å². The van der Waals surface area contributed by atoms with Gasteiger partial charge in [-0.1, -0.05) is 37.6 Å². The van der Waals surface area contributed by atoms with Crippen molar-refractivity contribution in [3.05, 3.63) is 23.8 Å². The number of aliphatic hydroxyl groups excluding tert-OH is 1. The van der Waals surface area contributed by atoms with Crippen LogP contribution >= 0.6 is 0 Å². The third-order valence-electron chi connectivity index (χ3n) is 3.42. The van der Waals surface area contributed by atoms with Crippen LogP contribution in [0.3, 0.4) is 0 Å². The third kappa shape index (κ3) is 1.86. The summed E-state index contributed by atoms with van der Waals surface area (Å²) in [6.07, 6.45) is 6.77. The molecule has 0 aromatic heterocycles. The van der Waals surface area contributed by atoms with Crippen molar-refractivity contribution in [2.75, 3.05) is 0 Å². The molecule has 0 aromatic rings. The van der Waals surface area contributed by atoms with Gasteiger partial charge in [0.25, 0.3) is 0 Å². The van der Waals surface area contributed by atoms with E-state index in [4.69, 9.17) is 0 Å². The number of hydrogen-bond acceptors (Lipinski definition) is 1. The Balaban J connectivity index is 2.76. The zero-order chi connectivity index (χ0) is 10.1. The summed E-state index contributed by atoms with van der Waals surface area (Å²) in [5, 5.41) is 9.88. The lowest BCUT2D eigenvalue weighted by Crippen LogP contribution is -2.30. The van der Waals surface area contributed by atoms with E-state index in [-0.39, 0.29) is 11.5 Å². The maximum absolute atomic E-state index is 9.88. The molecule has 0 fully saturated rings. The molecule has 2 atom stereocenters. The van der Waals surface area contributed by atoms with Gasteiger partial charge in [0.1, 0.15) is 0 Å². The predicted octanol–water partition coefficient (Wildman–Crippen LogP) is 2.92. The third-order valence-corrected chi connectivity index (χ3v) is 3.42. The molecule has 0 radical (unpaired) electrons. The monoisotopic (exact) mass is 180 g/mol. The highest BCUT2D eigenvalue weighted by Gasteiger charge is 2.38. The second-order valence-corrected chi connectivity index (χ2v) is 4.47. The maximum atomic E-state index is 9.88. The summed E-state index contributed by atoms with van der Waals surface area (Å²) in [7, 11) is 0. The van der Waals surface area contributed by atoms with Crippen molar-refractivity contribution in [2.24, 2.45) is 11.3 Å². The lowest BCUT2D eigenvalue weighted by molar-refractivity contribution is 0.0978. The predicted molar refractivity (Wildman–Crippen MR) is 56.5 cm³/mol. The first-order valence-electron chi connectivity index (χ1n) is 4.98. The lowest BCUT2D eigenvalue weighted by Gasteiger charge is -2.32. The fraction of sp³-hybridized carbons (Fsp3) is 0.667. The minimum Gasteiger partial charge on any atom is -0.389 e. The van der Waals surface area contributed by atoms with Crippen molar-refractivity contribution in [1.29, 1.82) is 0 Å². The Hall–Kier alpha value is -0.560. The zero-order valence-corrected chi connectivity index (χ0v) is 9.04. The van der Waals surface area contributed by atoms with Gasteiger partial charge in [0.05, 0.1) is 6.10 Å². The summed E-state index contributed by atoms with van der Waals surface area (Å²) in [6, 6.07) is 0. The van der Waals surface area contributed by atoms with E-state index in [0.29, 0.717) is 5.92 Å². The SMILES string of the molecule is C/C=C\C(O)C1CC=C(C)C1(C)C. The van der Waals surface area contributed by atoms with E-state index >= 15 is 0 Å². The lowest BCUT2D eigenvalue weighted by atomic mass is 9.75. The van der Waals surface area contributed by atoms with Gasteiger partial charge < -0.3 is 5.11 Å². The molecule has 1 heteroatoms. The van der Waals surface area contributed by atoms with Crippen LogP contribution in [0.25, 0.3) is 0 Å². The summed E-state index contributed by atoms with van der Waals surface area (Å²) in [5.41, 5.74) is 1.56. The standard InChI is InChI=1S/C12H20O/c1-5-6-11(13)10-8-7-9(2)12(10,3)4/h5-7,10-11,13H,8H2,1-4H3/b6-5-. The Morgan fingerprint density at radius 2 is 2.23 bits per heavy atom. The molecule has 1 N–H and O–H groups in total. The number of hydrogen-bond donors (Lipinski definition) is 1. The molecule has 0 aliphatic heterocycles. The topological polar surface area (TPSA) is 20.2 Å². The zero-order valence-electron chi connectivity index (χ0n) is 9.04. The van der Waals surface area contributed by atoms with E-state index in [9.17, 15) is 5.11 Å². The number of allylic oxidation sites excluding steroid dienone is 3. The quantitative estimate of drug-likeness (QED) is 0.648. The van der Waals surface area contributed by atoms with Crippen molar-refractivity contribution >= 4 is 0 Å². The van der Waals surface area contributed by atoms with E-state index in [1.165, 1.54) is 5.57 Å². The van der Waals surface area contributed by atoms with Crippen LogP contribution < -0.4 is 0 Å². The minimum absolute atomic E-state index is 0.152. The van der Waals surface area contributed by atoms with Crippen molar-refractivity contribution in [1.82, 2.24) is 0 Å². The molecule has 1 rings (SSSR count). The van der Waals surface area contributed by atoms with Gasteiger partial charge in [-0.15, -0.1) is 0 Å². The van der Waals surface area contributed by atoms with Crippen LogP contribution in [0, 0.1) is 11.3 Å². The van der Waals surface area contributed by atoms with Crippen LogP contribution in [0.4, 0.5) is 0 Å². The molecule has 0 amide bonds. The van der Waals surface area contributed by atoms with Gasteiger partial charge in [-0.2, -0.15) is 0 Å². The van der Waals surface area contributed by atoms with Gasteiger partial charge in [0.2, 0.25) is 0 Å². The molecular formula is C12H20O. The summed E-state index contributed by atoms with van der Waals surface area (Å²) in [4.78, 5) is 0. The Morgan fingerprint density at radius 3 is 2.62 bits per heavy atom. The smallest absolute Gasteiger partial charge is 0.0760 e. The molecule has 74 valence electrons. The molecule has 0 saturated carbocycles. The first kappa shape index (κ1) is 10.5. The molecule has 1 aliphatic carbocycles. The Bertz CT molecular complexity index is 236. The van der Waals surface area contributed by atoms with E-state index in [1.54, 1.807) is 0 Å². The Labute approximate surface area is 81.2 Å². The molecule has 0 heterocycles. The molecule has 1 nitrogen and oxygen atoms in total. The van der Waals surface area contributed by atoms with Gasteiger partial charge in [-0.25, -0.2) is 0 Å². The summed E-state index contributed by atoms with van der Waals surface area (Å²) < 4.78 is 0. The first-order chi connectivity index (χ1) is 6.00. The second-order valence-electron chi connectivity index (χ2n) is 4.47.